The molecule has 0 amide bonds. The highest BCUT2D eigenvalue weighted by Gasteiger charge is 2.33. The topological polar surface area (TPSA) is 60.4 Å². The molecule has 3 aromatic carbocycles. The summed E-state index contributed by atoms with van der Waals surface area (Å²) in [6, 6.07) is 20.4. The number of hydrogen-bond acceptors (Lipinski definition) is 4. The Kier molecular flexibility index (Phi) is 5.75. The molecule has 1 heterocycles. The lowest BCUT2D eigenvalue weighted by Gasteiger charge is -2.08. The molecule has 1 aliphatic rings. The molecule has 0 spiro atoms. The van der Waals surface area contributed by atoms with E-state index in [0.717, 1.165) is 11.8 Å². The van der Waals surface area contributed by atoms with Crippen LogP contribution in [0.2, 0.25) is 10.0 Å². The third-order valence-electron chi connectivity index (χ3n) is 4.79. The minimum Gasteiger partial charge on any atom is -0.422 e. The zero-order valence-electron chi connectivity index (χ0n) is 16.3. The second-order valence-corrected chi connectivity index (χ2v) is 9.84. The smallest absolute Gasteiger partial charge is 0.344 e. The number of benzene rings is 3. The largest absolute Gasteiger partial charge is 0.422 e. The van der Waals surface area contributed by atoms with Crippen molar-refractivity contribution in [3.8, 4) is 0 Å². The highest BCUT2D eigenvalue weighted by molar-refractivity contribution is 7.90. The SMILES string of the molecule is CS(=O)(=O)c1ccc(C2=C(c3ccccc3Cl)C(=O)O/C2=C\c2ccc(Cl)cc2)cc1. The van der Waals surface area contributed by atoms with Gasteiger partial charge in [-0.1, -0.05) is 65.7 Å². The van der Waals surface area contributed by atoms with Crippen LogP contribution in [-0.2, 0) is 19.4 Å². The molecule has 0 fully saturated rings. The zero-order chi connectivity index (χ0) is 22.2. The molecule has 7 heteroatoms. The third kappa shape index (κ3) is 4.44. The monoisotopic (exact) mass is 470 g/mol. The van der Waals surface area contributed by atoms with Gasteiger partial charge in [0.1, 0.15) is 5.76 Å². The van der Waals surface area contributed by atoms with Crippen LogP contribution in [-0.4, -0.2) is 20.6 Å². The van der Waals surface area contributed by atoms with Crippen LogP contribution in [0.25, 0.3) is 17.2 Å². The minimum atomic E-state index is -3.35. The molecule has 0 unspecified atom stereocenters. The lowest BCUT2D eigenvalue weighted by molar-refractivity contribution is -0.131. The van der Waals surface area contributed by atoms with Gasteiger partial charge in [0.2, 0.25) is 0 Å². The number of esters is 1. The maximum atomic E-state index is 12.9. The van der Waals surface area contributed by atoms with Crippen LogP contribution in [0.5, 0.6) is 0 Å². The fourth-order valence-electron chi connectivity index (χ4n) is 3.30. The summed E-state index contributed by atoms with van der Waals surface area (Å²) in [5.74, 6) is -0.190. The molecular formula is C24H16Cl2O4S. The van der Waals surface area contributed by atoms with Crippen molar-refractivity contribution in [3.05, 3.63) is 105 Å². The average Bonchev–Trinajstić information content (AvgIpc) is 3.05. The summed E-state index contributed by atoms with van der Waals surface area (Å²) in [4.78, 5) is 13.1. The molecule has 0 saturated carbocycles. The van der Waals surface area contributed by atoms with Gasteiger partial charge in [-0.25, -0.2) is 13.2 Å². The molecule has 156 valence electrons. The van der Waals surface area contributed by atoms with E-state index in [9.17, 15) is 13.2 Å². The Hall–Kier alpha value is -2.86. The standard InChI is InChI=1S/C24H16Cl2O4S/c1-31(28,29)18-12-8-16(9-13-18)22-21(14-15-6-10-17(25)11-7-15)30-24(27)23(22)19-4-2-3-5-20(19)26/h2-14H,1H3/b21-14-. The van der Waals surface area contributed by atoms with E-state index in [1.54, 1.807) is 66.7 Å². The van der Waals surface area contributed by atoms with E-state index >= 15 is 0 Å². The van der Waals surface area contributed by atoms with Crippen LogP contribution in [0, 0.1) is 0 Å². The molecule has 3 aromatic rings. The number of carbonyl (C=O) groups excluding carboxylic acids is 1. The molecule has 31 heavy (non-hydrogen) atoms. The lowest BCUT2D eigenvalue weighted by Crippen LogP contribution is -1.99. The Morgan fingerprint density at radius 1 is 0.839 bits per heavy atom. The van der Waals surface area contributed by atoms with Gasteiger partial charge in [0.25, 0.3) is 0 Å². The summed E-state index contributed by atoms with van der Waals surface area (Å²) in [7, 11) is -3.35. The molecule has 0 aliphatic carbocycles. The van der Waals surface area contributed by atoms with Crippen LogP contribution < -0.4 is 0 Å². The Bertz CT molecular complexity index is 1340. The molecular weight excluding hydrogens is 455 g/mol. The number of cyclic esters (lactones) is 1. The summed E-state index contributed by atoms with van der Waals surface area (Å²) in [5.41, 5.74) is 2.81. The summed E-state index contributed by atoms with van der Waals surface area (Å²) >= 11 is 12.3. The van der Waals surface area contributed by atoms with Crippen LogP contribution in [0.4, 0.5) is 0 Å². The summed E-state index contributed by atoms with van der Waals surface area (Å²) in [6.45, 7) is 0. The third-order valence-corrected chi connectivity index (χ3v) is 6.50. The van der Waals surface area contributed by atoms with Gasteiger partial charge >= 0.3 is 5.97 Å². The first-order valence-electron chi connectivity index (χ1n) is 9.23. The van der Waals surface area contributed by atoms with Gasteiger partial charge in [0.15, 0.2) is 9.84 Å². The van der Waals surface area contributed by atoms with Crippen LogP contribution in [0.15, 0.2) is 83.5 Å². The van der Waals surface area contributed by atoms with Gasteiger partial charge in [-0.2, -0.15) is 0 Å². The Morgan fingerprint density at radius 2 is 1.48 bits per heavy atom. The molecule has 4 rings (SSSR count). The van der Waals surface area contributed by atoms with Crippen molar-refractivity contribution in [1.82, 2.24) is 0 Å². The molecule has 0 aromatic heterocycles. The zero-order valence-corrected chi connectivity index (χ0v) is 18.6. The number of rotatable bonds is 4. The number of carbonyl (C=O) groups is 1. The number of allylic oxidation sites excluding steroid dienone is 1. The van der Waals surface area contributed by atoms with Crippen molar-refractivity contribution in [2.75, 3.05) is 6.26 Å². The second kappa shape index (κ2) is 8.35. The molecule has 0 N–H and O–H groups in total. The van der Waals surface area contributed by atoms with Crippen LogP contribution in [0.3, 0.4) is 0 Å². The quantitative estimate of drug-likeness (QED) is 0.444. The summed E-state index contributed by atoms with van der Waals surface area (Å²) in [6.07, 6.45) is 2.88. The Balaban J connectivity index is 1.94. The fourth-order valence-corrected chi connectivity index (χ4v) is 4.29. The first-order valence-corrected chi connectivity index (χ1v) is 11.9. The normalized spacial score (nSPS) is 15.5. The minimum absolute atomic E-state index is 0.185. The van der Waals surface area contributed by atoms with Crippen molar-refractivity contribution in [2.45, 2.75) is 4.90 Å². The summed E-state index contributed by atoms with van der Waals surface area (Å²) < 4.78 is 29.3. The van der Waals surface area contributed by atoms with E-state index in [1.165, 1.54) is 12.1 Å². The maximum absolute atomic E-state index is 12.9. The van der Waals surface area contributed by atoms with E-state index in [0.29, 0.717) is 38.1 Å². The van der Waals surface area contributed by atoms with Gasteiger partial charge < -0.3 is 4.74 Å². The van der Waals surface area contributed by atoms with Crippen molar-refractivity contribution in [1.29, 1.82) is 0 Å². The number of ether oxygens (including phenoxy) is 1. The van der Waals surface area contributed by atoms with E-state index in [2.05, 4.69) is 0 Å². The fraction of sp³-hybridized carbons (Fsp3) is 0.0417. The first kappa shape index (κ1) is 21.4. The van der Waals surface area contributed by atoms with Crippen molar-refractivity contribution in [2.24, 2.45) is 0 Å². The Labute approximate surface area is 190 Å². The van der Waals surface area contributed by atoms with Gasteiger partial charge in [-0.3, -0.25) is 0 Å². The molecule has 0 saturated heterocycles. The van der Waals surface area contributed by atoms with Gasteiger partial charge in [0, 0.05) is 27.4 Å². The predicted octanol–water partition coefficient (Wildman–Crippen LogP) is 5.91. The van der Waals surface area contributed by atoms with Crippen molar-refractivity contribution in [3.63, 3.8) is 0 Å². The van der Waals surface area contributed by atoms with Gasteiger partial charge in [-0.05, 0) is 47.5 Å². The van der Waals surface area contributed by atoms with E-state index in [1.807, 2.05) is 0 Å². The van der Waals surface area contributed by atoms with Crippen LogP contribution >= 0.6 is 23.2 Å². The van der Waals surface area contributed by atoms with Gasteiger partial charge in [-0.15, -0.1) is 0 Å². The number of sulfone groups is 1. The predicted molar refractivity (Wildman–Crippen MR) is 123 cm³/mol. The van der Waals surface area contributed by atoms with Crippen molar-refractivity contribution < 1.29 is 17.9 Å². The van der Waals surface area contributed by atoms with E-state index in [4.69, 9.17) is 27.9 Å². The molecule has 1 aliphatic heterocycles. The average molecular weight is 471 g/mol. The molecule has 0 radical (unpaired) electrons. The van der Waals surface area contributed by atoms with E-state index in [-0.39, 0.29) is 4.90 Å². The number of hydrogen-bond donors (Lipinski definition) is 0. The number of halogens is 2. The lowest BCUT2D eigenvalue weighted by atomic mass is 9.94. The first-order chi connectivity index (χ1) is 14.7. The van der Waals surface area contributed by atoms with Crippen LogP contribution in [0.1, 0.15) is 16.7 Å². The second-order valence-electron chi connectivity index (χ2n) is 6.98. The summed E-state index contributed by atoms with van der Waals surface area (Å²) in [5, 5.41) is 1.00. The highest BCUT2D eigenvalue weighted by atomic mass is 35.5. The maximum Gasteiger partial charge on any atom is 0.344 e. The highest BCUT2D eigenvalue weighted by Crippen LogP contribution is 2.42. The molecule has 0 atom stereocenters. The molecule has 4 nitrogen and oxygen atoms in total. The van der Waals surface area contributed by atoms with Gasteiger partial charge in [0.05, 0.1) is 10.5 Å². The Morgan fingerprint density at radius 3 is 2.10 bits per heavy atom. The van der Waals surface area contributed by atoms with E-state index < -0.39 is 15.8 Å². The van der Waals surface area contributed by atoms with Crippen molar-refractivity contribution >= 4 is 56.2 Å². The molecule has 0 bridgehead atoms.